The van der Waals surface area contributed by atoms with Gasteiger partial charge in [0.2, 0.25) is 0 Å². The molecule has 8 heteroatoms. The number of aromatic nitrogens is 3. The minimum absolute atomic E-state index is 0. The lowest BCUT2D eigenvalue weighted by molar-refractivity contribution is 0.0625. The van der Waals surface area contributed by atoms with Crippen molar-refractivity contribution in [3.63, 3.8) is 0 Å². The standard InChI is InChI=1S/C20H21N5O2.ClH/c1-27-19-10-6-5-9-16(19)18-14-21-11-12-24(18)20(26)17-13-22-25(23-17)15-7-3-2-4-8-15;/h2-10,13,18,21H,11-12,14H2,1H3;1H. The van der Waals surface area contributed by atoms with E-state index in [9.17, 15) is 4.79 Å². The Bertz CT molecular complexity index is 931. The summed E-state index contributed by atoms with van der Waals surface area (Å²) in [6.45, 7) is 2.00. The highest BCUT2D eigenvalue weighted by molar-refractivity contribution is 5.92. The zero-order valence-corrected chi connectivity index (χ0v) is 16.3. The van der Waals surface area contributed by atoms with Crippen LogP contribution in [0.15, 0.2) is 60.8 Å². The summed E-state index contributed by atoms with van der Waals surface area (Å²) in [4.78, 5) is 16.5. The van der Waals surface area contributed by atoms with Crippen LogP contribution in [-0.2, 0) is 0 Å². The highest BCUT2D eigenvalue weighted by atomic mass is 35.5. The van der Waals surface area contributed by atoms with Crippen LogP contribution in [0.5, 0.6) is 5.75 Å². The van der Waals surface area contributed by atoms with Crippen LogP contribution in [-0.4, -0.2) is 52.5 Å². The van der Waals surface area contributed by atoms with Gasteiger partial charge in [-0.2, -0.15) is 9.90 Å². The van der Waals surface area contributed by atoms with Crippen LogP contribution in [0.4, 0.5) is 0 Å². The second-order valence-electron chi connectivity index (χ2n) is 6.32. The average Bonchev–Trinajstić information content (AvgIpc) is 3.24. The first kappa shape index (κ1) is 19.9. The molecule has 2 heterocycles. The zero-order valence-electron chi connectivity index (χ0n) is 15.5. The Morgan fingerprint density at radius 2 is 1.89 bits per heavy atom. The smallest absolute Gasteiger partial charge is 0.276 e. The minimum atomic E-state index is -0.130. The Hall–Kier alpha value is -2.90. The van der Waals surface area contributed by atoms with Gasteiger partial charge in [0.05, 0.1) is 25.0 Å². The van der Waals surface area contributed by atoms with Gasteiger partial charge in [0.15, 0.2) is 5.69 Å². The van der Waals surface area contributed by atoms with E-state index in [4.69, 9.17) is 4.74 Å². The lowest BCUT2D eigenvalue weighted by Gasteiger charge is -2.36. The number of para-hydroxylation sites is 2. The third-order valence-electron chi connectivity index (χ3n) is 4.70. The number of hydrogen-bond acceptors (Lipinski definition) is 5. The molecular formula is C20H22ClN5O2. The molecule has 0 bridgehead atoms. The molecule has 0 saturated carbocycles. The SMILES string of the molecule is COc1ccccc1C1CNCCN1C(=O)c1cnn(-c2ccccc2)n1.Cl. The molecule has 7 nitrogen and oxygen atoms in total. The Morgan fingerprint density at radius 1 is 1.14 bits per heavy atom. The number of methoxy groups -OCH3 is 1. The molecule has 4 rings (SSSR count). The summed E-state index contributed by atoms with van der Waals surface area (Å²) >= 11 is 0. The first-order chi connectivity index (χ1) is 13.3. The summed E-state index contributed by atoms with van der Waals surface area (Å²) in [5.74, 6) is 0.645. The van der Waals surface area contributed by atoms with Crippen molar-refractivity contribution in [1.82, 2.24) is 25.2 Å². The Balaban J connectivity index is 0.00000225. The Morgan fingerprint density at radius 3 is 2.68 bits per heavy atom. The normalized spacial score (nSPS) is 16.3. The molecule has 1 amide bonds. The zero-order chi connectivity index (χ0) is 18.6. The molecule has 1 saturated heterocycles. The van der Waals surface area contributed by atoms with Gasteiger partial charge in [-0.1, -0.05) is 36.4 Å². The fraction of sp³-hybridized carbons (Fsp3) is 0.250. The van der Waals surface area contributed by atoms with Crippen molar-refractivity contribution in [1.29, 1.82) is 0 Å². The van der Waals surface area contributed by atoms with Crippen molar-refractivity contribution in [2.24, 2.45) is 0 Å². The van der Waals surface area contributed by atoms with Gasteiger partial charge in [0.1, 0.15) is 5.75 Å². The van der Waals surface area contributed by atoms with Gasteiger partial charge in [-0.3, -0.25) is 4.79 Å². The van der Waals surface area contributed by atoms with Crippen molar-refractivity contribution < 1.29 is 9.53 Å². The van der Waals surface area contributed by atoms with Crippen LogP contribution >= 0.6 is 12.4 Å². The maximum absolute atomic E-state index is 13.2. The highest BCUT2D eigenvalue weighted by Gasteiger charge is 2.31. The van der Waals surface area contributed by atoms with E-state index in [-0.39, 0.29) is 24.4 Å². The predicted octanol–water partition coefficient (Wildman–Crippen LogP) is 2.48. The van der Waals surface area contributed by atoms with Gasteiger partial charge in [-0.05, 0) is 18.2 Å². The van der Waals surface area contributed by atoms with Crippen molar-refractivity contribution >= 4 is 18.3 Å². The van der Waals surface area contributed by atoms with E-state index >= 15 is 0 Å². The summed E-state index contributed by atoms with van der Waals surface area (Å²) in [5.41, 5.74) is 2.13. The van der Waals surface area contributed by atoms with Crippen molar-refractivity contribution in [3.8, 4) is 11.4 Å². The second kappa shape index (κ2) is 8.86. The number of rotatable bonds is 4. The molecule has 1 aliphatic heterocycles. The highest BCUT2D eigenvalue weighted by Crippen LogP contribution is 2.30. The molecule has 1 atom stereocenters. The van der Waals surface area contributed by atoms with Gasteiger partial charge in [-0.25, -0.2) is 0 Å². The van der Waals surface area contributed by atoms with Crippen LogP contribution in [0.25, 0.3) is 5.69 Å². The van der Waals surface area contributed by atoms with E-state index in [1.54, 1.807) is 7.11 Å². The molecule has 2 aromatic carbocycles. The number of carbonyl (C=O) groups is 1. The van der Waals surface area contributed by atoms with Gasteiger partial charge in [0.25, 0.3) is 5.91 Å². The number of nitrogens with zero attached hydrogens (tertiary/aromatic N) is 4. The topological polar surface area (TPSA) is 72.3 Å². The maximum Gasteiger partial charge on any atom is 0.276 e. The molecule has 1 aliphatic rings. The number of nitrogens with one attached hydrogen (secondary N) is 1. The van der Waals surface area contributed by atoms with E-state index in [2.05, 4.69) is 15.5 Å². The van der Waals surface area contributed by atoms with Gasteiger partial charge in [-0.15, -0.1) is 17.5 Å². The molecule has 0 radical (unpaired) electrons. The van der Waals surface area contributed by atoms with Crippen LogP contribution in [0.3, 0.4) is 0 Å². The molecule has 3 aromatic rings. The second-order valence-corrected chi connectivity index (χ2v) is 6.32. The maximum atomic E-state index is 13.2. The lowest BCUT2D eigenvalue weighted by atomic mass is 10.0. The lowest BCUT2D eigenvalue weighted by Crippen LogP contribution is -2.48. The molecule has 1 aromatic heterocycles. The molecule has 28 heavy (non-hydrogen) atoms. The Kier molecular flexibility index (Phi) is 6.28. The average molecular weight is 400 g/mol. The number of amides is 1. The van der Waals surface area contributed by atoms with E-state index < -0.39 is 0 Å². The van der Waals surface area contributed by atoms with E-state index in [0.717, 1.165) is 23.5 Å². The number of hydrogen-bond donors (Lipinski definition) is 1. The summed E-state index contributed by atoms with van der Waals surface area (Å²) in [6, 6.07) is 17.2. The number of carbonyl (C=O) groups excluding carboxylic acids is 1. The first-order valence-corrected chi connectivity index (χ1v) is 8.90. The van der Waals surface area contributed by atoms with E-state index in [0.29, 0.717) is 18.8 Å². The quantitative estimate of drug-likeness (QED) is 0.729. The minimum Gasteiger partial charge on any atom is -0.496 e. The predicted molar refractivity (Wildman–Crippen MR) is 108 cm³/mol. The number of halogens is 1. The fourth-order valence-corrected chi connectivity index (χ4v) is 3.36. The number of piperazine rings is 1. The first-order valence-electron chi connectivity index (χ1n) is 8.90. The van der Waals surface area contributed by atoms with Crippen molar-refractivity contribution in [2.75, 3.05) is 26.7 Å². The largest absolute Gasteiger partial charge is 0.496 e. The number of ether oxygens (including phenoxy) is 1. The third kappa shape index (κ3) is 3.85. The van der Waals surface area contributed by atoms with Gasteiger partial charge in [0, 0.05) is 25.2 Å². The molecule has 1 fully saturated rings. The summed E-state index contributed by atoms with van der Waals surface area (Å²) in [5, 5.41) is 12.0. The van der Waals surface area contributed by atoms with Crippen LogP contribution in [0, 0.1) is 0 Å². The van der Waals surface area contributed by atoms with Crippen molar-refractivity contribution in [2.45, 2.75) is 6.04 Å². The van der Waals surface area contributed by atoms with Gasteiger partial charge < -0.3 is 15.0 Å². The van der Waals surface area contributed by atoms with Crippen LogP contribution in [0.2, 0.25) is 0 Å². The Labute approximate surface area is 169 Å². The van der Waals surface area contributed by atoms with Crippen LogP contribution in [0.1, 0.15) is 22.1 Å². The van der Waals surface area contributed by atoms with Crippen molar-refractivity contribution in [3.05, 3.63) is 72.1 Å². The number of benzene rings is 2. The molecular weight excluding hydrogens is 378 g/mol. The molecule has 1 N–H and O–H groups in total. The summed E-state index contributed by atoms with van der Waals surface area (Å²) in [7, 11) is 1.65. The molecule has 146 valence electrons. The molecule has 0 aliphatic carbocycles. The van der Waals surface area contributed by atoms with E-state index in [1.165, 1.54) is 11.0 Å². The molecule has 1 unspecified atom stereocenters. The summed E-state index contributed by atoms with van der Waals surface area (Å²) < 4.78 is 5.50. The fourth-order valence-electron chi connectivity index (χ4n) is 3.36. The molecule has 0 spiro atoms. The monoisotopic (exact) mass is 399 g/mol. The van der Waals surface area contributed by atoms with Crippen LogP contribution < -0.4 is 10.1 Å². The van der Waals surface area contributed by atoms with Gasteiger partial charge >= 0.3 is 0 Å². The summed E-state index contributed by atoms with van der Waals surface area (Å²) in [6.07, 6.45) is 1.52. The van der Waals surface area contributed by atoms with E-state index in [1.807, 2.05) is 59.5 Å². The third-order valence-corrected chi connectivity index (χ3v) is 4.70.